The largest absolute Gasteiger partial charge is 0.464 e. The van der Waals surface area contributed by atoms with Crippen LogP contribution in [0.4, 0.5) is 0 Å². The van der Waals surface area contributed by atoms with Gasteiger partial charge in [0.25, 0.3) is 0 Å². The van der Waals surface area contributed by atoms with E-state index in [0.29, 0.717) is 12.3 Å². The molecule has 1 aliphatic heterocycles. The molecule has 2 aromatic heterocycles. The van der Waals surface area contributed by atoms with E-state index in [9.17, 15) is 4.79 Å². The Labute approximate surface area is 134 Å². The molecule has 1 fully saturated rings. The van der Waals surface area contributed by atoms with Gasteiger partial charge < -0.3 is 9.32 Å². The monoisotopic (exact) mass is 309 g/mol. The number of carbonyl (C=O) groups is 1. The second-order valence-corrected chi connectivity index (χ2v) is 6.27. The minimum atomic E-state index is 0.162. The normalized spacial score (nSPS) is 18.0. The standard InChI is InChI=1S/C18H19N3O2/c1-12-2-3-15-14(11-23-17(15)8-12)9-18(22)21-7-5-13(10-21)16-4-6-19-20-16/h2-4,6,8,11,13H,5,7,9-10H2,1H3,(H,19,20)/t13-/m1/s1. The van der Waals surface area contributed by atoms with Gasteiger partial charge in [-0.05, 0) is 31.0 Å². The number of aromatic amines is 1. The summed E-state index contributed by atoms with van der Waals surface area (Å²) in [5.41, 5.74) is 4.09. The molecule has 0 unspecified atom stereocenters. The van der Waals surface area contributed by atoms with Gasteiger partial charge in [-0.15, -0.1) is 0 Å². The van der Waals surface area contributed by atoms with E-state index >= 15 is 0 Å². The molecule has 5 heteroatoms. The van der Waals surface area contributed by atoms with Gasteiger partial charge >= 0.3 is 0 Å². The van der Waals surface area contributed by atoms with Crippen LogP contribution >= 0.6 is 0 Å². The zero-order chi connectivity index (χ0) is 15.8. The second kappa shape index (κ2) is 5.57. The average Bonchev–Trinajstić information content (AvgIpc) is 3.27. The maximum absolute atomic E-state index is 12.6. The van der Waals surface area contributed by atoms with Crippen molar-refractivity contribution in [2.75, 3.05) is 13.1 Å². The highest BCUT2D eigenvalue weighted by Crippen LogP contribution is 2.27. The summed E-state index contributed by atoms with van der Waals surface area (Å²) in [6.45, 7) is 3.60. The number of carbonyl (C=O) groups excluding carboxylic acids is 1. The number of furan rings is 1. The molecule has 23 heavy (non-hydrogen) atoms. The number of rotatable bonds is 3. The zero-order valence-electron chi connectivity index (χ0n) is 13.1. The number of amides is 1. The Kier molecular flexibility index (Phi) is 3.41. The lowest BCUT2D eigenvalue weighted by atomic mass is 10.1. The molecule has 0 radical (unpaired) electrons. The van der Waals surface area contributed by atoms with E-state index in [4.69, 9.17) is 4.42 Å². The first kappa shape index (κ1) is 14.1. The molecule has 1 aromatic carbocycles. The van der Waals surface area contributed by atoms with Crippen LogP contribution in [0, 0.1) is 6.92 Å². The number of nitrogens with zero attached hydrogens (tertiary/aromatic N) is 2. The number of hydrogen-bond donors (Lipinski definition) is 1. The first-order chi connectivity index (χ1) is 11.2. The fraction of sp³-hybridized carbons (Fsp3) is 0.333. The summed E-state index contributed by atoms with van der Waals surface area (Å²) in [5, 5.41) is 8.04. The Morgan fingerprint density at radius 3 is 3.17 bits per heavy atom. The van der Waals surface area contributed by atoms with Gasteiger partial charge in [-0.25, -0.2) is 0 Å². The van der Waals surface area contributed by atoms with Crippen LogP contribution in [0.3, 0.4) is 0 Å². The zero-order valence-corrected chi connectivity index (χ0v) is 13.1. The number of aromatic nitrogens is 2. The molecule has 4 rings (SSSR count). The van der Waals surface area contributed by atoms with Crippen LogP contribution in [0.15, 0.2) is 41.1 Å². The quantitative estimate of drug-likeness (QED) is 0.809. The maximum atomic E-state index is 12.6. The number of benzene rings is 1. The van der Waals surface area contributed by atoms with Gasteiger partial charge in [0.15, 0.2) is 0 Å². The van der Waals surface area contributed by atoms with Crippen molar-refractivity contribution in [3.05, 3.63) is 53.5 Å². The first-order valence-corrected chi connectivity index (χ1v) is 7.94. The van der Waals surface area contributed by atoms with Crippen molar-refractivity contribution in [2.45, 2.75) is 25.7 Å². The molecule has 0 saturated carbocycles. The number of hydrogen-bond acceptors (Lipinski definition) is 3. The Morgan fingerprint density at radius 1 is 1.43 bits per heavy atom. The summed E-state index contributed by atoms with van der Waals surface area (Å²) in [7, 11) is 0. The lowest BCUT2D eigenvalue weighted by Gasteiger charge is -2.15. The van der Waals surface area contributed by atoms with Gasteiger partial charge in [-0.3, -0.25) is 9.89 Å². The number of likely N-dealkylation sites (tertiary alicyclic amines) is 1. The summed E-state index contributed by atoms with van der Waals surface area (Å²) < 4.78 is 5.59. The molecular weight excluding hydrogens is 290 g/mol. The van der Waals surface area contributed by atoms with Gasteiger partial charge in [0.05, 0.1) is 12.7 Å². The summed E-state index contributed by atoms with van der Waals surface area (Å²) in [6, 6.07) is 8.09. The van der Waals surface area contributed by atoms with Gasteiger partial charge in [0, 0.05) is 41.8 Å². The van der Waals surface area contributed by atoms with Crippen LogP contribution in [0.1, 0.15) is 29.2 Å². The van der Waals surface area contributed by atoms with E-state index in [0.717, 1.165) is 47.3 Å². The fourth-order valence-corrected chi connectivity index (χ4v) is 3.34. The van der Waals surface area contributed by atoms with Crippen LogP contribution in [0.5, 0.6) is 0 Å². The Bertz CT molecular complexity index is 835. The van der Waals surface area contributed by atoms with Crippen molar-refractivity contribution >= 4 is 16.9 Å². The molecule has 1 saturated heterocycles. The Hall–Kier alpha value is -2.56. The molecular formula is C18H19N3O2. The minimum Gasteiger partial charge on any atom is -0.464 e. The molecule has 0 aliphatic carbocycles. The fourth-order valence-electron chi connectivity index (χ4n) is 3.34. The molecule has 0 bridgehead atoms. The molecule has 1 amide bonds. The Balaban J connectivity index is 1.47. The molecule has 1 N–H and O–H groups in total. The maximum Gasteiger partial charge on any atom is 0.227 e. The molecule has 118 valence electrons. The molecule has 0 spiro atoms. The number of nitrogens with one attached hydrogen (secondary N) is 1. The highest BCUT2D eigenvalue weighted by Gasteiger charge is 2.28. The van der Waals surface area contributed by atoms with E-state index in [1.165, 1.54) is 0 Å². The summed E-state index contributed by atoms with van der Waals surface area (Å²) >= 11 is 0. The van der Waals surface area contributed by atoms with Gasteiger partial charge in [-0.2, -0.15) is 5.10 Å². The third-order valence-electron chi connectivity index (χ3n) is 4.66. The third kappa shape index (κ3) is 2.63. The van der Waals surface area contributed by atoms with E-state index < -0.39 is 0 Å². The summed E-state index contributed by atoms with van der Waals surface area (Å²) in [5.74, 6) is 0.528. The lowest BCUT2D eigenvalue weighted by molar-refractivity contribution is -0.129. The van der Waals surface area contributed by atoms with E-state index in [1.807, 2.05) is 30.0 Å². The predicted octanol–water partition coefficient (Wildman–Crippen LogP) is 3.02. The number of fused-ring (bicyclic) bond motifs is 1. The number of H-pyrrole nitrogens is 1. The Morgan fingerprint density at radius 2 is 2.35 bits per heavy atom. The van der Waals surface area contributed by atoms with E-state index in [-0.39, 0.29) is 5.91 Å². The van der Waals surface area contributed by atoms with Crippen molar-refractivity contribution in [1.82, 2.24) is 15.1 Å². The minimum absolute atomic E-state index is 0.162. The first-order valence-electron chi connectivity index (χ1n) is 7.94. The lowest BCUT2D eigenvalue weighted by Crippen LogP contribution is -2.29. The van der Waals surface area contributed by atoms with Crippen LogP contribution in [-0.2, 0) is 11.2 Å². The van der Waals surface area contributed by atoms with Crippen molar-refractivity contribution < 1.29 is 9.21 Å². The van der Waals surface area contributed by atoms with Crippen molar-refractivity contribution in [2.24, 2.45) is 0 Å². The topological polar surface area (TPSA) is 62.1 Å². The molecule has 1 atom stereocenters. The van der Waals surface area contributed by atoms with Crippen molar-refractivity contribution in [3.63, 3.8) is 0 Å². The smallest absolute Gasteiger partial charge is 0.227 e. The third-order valence-corrected chi connectivity index (χ3v) is 4.66. The molecule has 3 heterocycles. The predicted molar refractivity (Wildman–Crippen MR) is 87.2 cm³/mol. The second-order valence-electron chi connectivity index (χ2n) is 6.27. The van der Waals surface area contributed by atoms with Gasteiger partial charge in [0.1, 0.15) is 5.58 Å². The number of aryl methyl sites for hydroxylation is 1. The van der Waals surface area contributed by atoms with E-state index in [1.54, 1.807) is 12.5 Å². The van der Waals surface area contributed by atoms with Crippen molar-refractivity contribution in [1.29, 1.82) is 0 Å². The molecule has 5 nitrogen and oxygen atoms in total. The summed E-state index contributed by atoms with van der Waals surface area (Å²) in [6.07, 6.45) is 4.86. The van der Waals surface area contributed by atoms with Crippen LogP contribution in [0.2, 0.25) is 0 Å². The van der Waals surface area contributed by atoms with Crippen LogP contribution < -0.4 is 0 Å². The highest BCUT2D eigenvalue weighted by molar-refractivity contribution is 5.88. The van der Waals surface area contributed by atoms with Crippen LogP contribution in [0.25, 0.3) is 11.0 Å². The van der Waals surface area contributed by atoms with E-state index in [2.05, 4.69) is 16.3 Å². The SMILES string of the molecule is Cc1ccc2c(CC(=O)N3CC[C@@H](c4ccn[nH]4)C3)coc2c1. The average molecular weight is 309 g/mol. The van der Waals surface area contributed by atoms with Gasteiger partial charge in [0.2, 0.25) is 5.91 Å². The molecule has 1 aliphatic rings. The molecule has 3 aromatic rings. The van der Waals surface area contributed by atoms with Crippen LogP contribution in [-0.4, -0.2) is 34.1 Å². The highest BCUT2D eigenvalue weighted by atomic mass is 16.3. The van der Waals surface area contributed by atoms with Crippen molar-refractivity contribution in [3.8, 4) is 0 Å². The van der Waals surface area contributed by atoms with Gasteiger partial charge in [-0.1, -0.05) is 12.1 Å². The summed E-state index contributed by atoms with van der Waals surface area (Å²) in [4.78, 5) is 14.5.